The first kappa shape index (κ1) is 25.1. The molecule has 33 heavy (non-hydrogen) atoms. The molecule has 1 atom stereocenters. The van der Waals surface area contributed by atoms with E-state index in [1.807, 2.05) is 52.9 Å². The Morgan fingerprint density at radius 3 is 2.52 bits per heavy atom. The molecule has 0 bridgehead atoms. The Morgan fingerprint density at radius 1 is 1.06 bits per heavy atom. The minimum atomic E-state index is -0.991. The van der Waals surface area contributed by atoms with Crippen molar-refractivity contribution >= 4 is 28.5 Å². The number of nitrogens with one attached hydrogen (secondary N) is 1. The summed E-state index contributed by atoms with van der Waals surface area (Å²) in [7, 11) is 0. The first-order valence-corrected chi connectivity index (χ1v) is 11.5. The maximum atomic E-state index is 14.5. The Balaban J connectivity index is 1.92. The van der Waals surface area contributed by atoms with Crippen LogP contribution in [0.3, 0.4) is 0 Å². The summed E-state index contributed by atoms with van der Waals surface area (Å²) < 4.78 is 35.3. The minimum absolute atomic E-state index is 0.00776. The summed E-state index contributed by atoms with van der Waals surface area (Å²) >= 11 is 2.00. The van der Waals surface area contributed by atoms with Crippen LogP contribution in [-0.2, 0) is 13.0 Å². The predicted octanol–water partition coefficient (Wildman–Crippen LogP) is 4.21. The first-order chi connectivity index (χ1) is 15.9. The van der Waals surface area contributed by atoms with Gasteiger partial charge in [0.05, 0.1) is 24.9 Å². The Hall–Kier alpha value is -2.56. The molecule has 0 saturated carbocycles. The van der Waals surface area contributed by atoms with E-state index in [-0.39, 0.29) is 42.9 Å². The largest absolute Gasteiger partial charge is 0.493 e. The molecule has 0 aliphatic rings. The second-order valence-corrected chi connectivity index (χ2v) is 8.74. The molecule has 0 unspecified atom stereocenters. The number of amides is 1. The molecule has 0 aromatic heterocycles. The van der Waals surface area contributed by atoms with Gasteiger partial charge in [-0.1, -0.05) is 36.4 Å². The van der Waals surface area contributed by atoms with Gasteiger partial charge in [0.25, 0.3) is 5.91 Å². The highest BCUT2D eigenvalue weighted by Crippen LogP contribution is 2.28. The number of aliphatic hydroxyl groups is 2. The lowest BCUT2D eigenvalue weighted by molar-refractivity contribution is 0.0750. The average Bonchev–Trinajstić information content (AvgIpc) is 2.79. The molecular formula is C25H24F2INO4. The lowest BCUT2D eigenvalue weighted by atomic mass is 9.97. The zero-order valence-corrected chi connectivity index (χ0v) is 19.9. The van der Waals surface area contributed by atoms with Gasteiger partial charge in [-0.15, -0.1) is 0 Å². The molecule has 5 nitrogen and oxygen atoms in total. The number of carbonyl (C=O) groups is 1. The van der Waals surface area contributed by atoms with Crippen molar-refractivity contribution in [1.29, 1.82) is 0 Å². The van der Waals surface area contributed by atoms with Crippen LogP contribution >= 0.6 is 22.6 Å². The number of ether oxygens (including phenoxy) is 1. The number of halogens is 3. The number of rotatable bonds is 10. The lowest BCUT2D eigenvalue weighted by Crippen LogP contribution is -2.25. The number of carbonyl (C=O) groups excluding carboxylic acids is 1. The summed E-state index contributed by atoms with van der Waals surface area (Å²) in [5.74, 6) is -1.58. The van der Waals surface area contributed by atoms with Gasteiger partial charge in [0.15, 0.2) is 0 Å². The lowest BCUT2D eigenvalue weighted by Gasteiger charge is -2.17. The van der Waals surface area contributed by atoms with Crippen LogP contribution in [0.4, 0.5) is 8.78 Å². The maximum Gasteiger partial charge on any atom is 0.255 e. The third kappa shape index (κ3) is 7.21. The number of aliphatic hydroxyl groups excluding tert-OH is 2. The van der Waals surface area contributed by atoms with Gasteiger partial charge in [-0.05, 0) is 57.5 Å². The Bertz CT molecular complexity index is 1100. The van der Waals surface area contributed by atoms with Crippen molar-refractivity contribution in [3.05, 3.63) is 98.1 Å². The van der Waals surface area contributed by atoms with E-state index < -0.39 is 30.3 Å². The van der Waals surface area contributed by atoms with Crippen LogP contribution in [0.1, 0.15) is 33.5 Å². The third-order valence-electron chi connectivity index (χ3n) is 4.99. The van der Waals surface area contributed by atoms with E-state index >= 15 is 0 Å². The van der Waals surface area contributed by atoms with Crippen molar-refractivity contribution in [2.45, 2.75) is 25.5 Å². The van der Waals surface area contributed by atoms with Gasteiger partial charge in [0.1, 0.15) is 17.4 Å². The van der Waals surface area contributed by atoms with E-state index in [1.165, 1.54) is 12.1 Å². The van der Waals surface area contributed by atoms with Crippen LogP contribution in [0.25, 0.3) is 0 Å². The SMILES string of the molecule is O=C(NCc1ccccc1)c1c(Cc2ccc(I)cc2F)cc(F)cc1OCC[C@@H](O)CO. The second-order valence-electron chi connectivity index (χ2n) is 7.49. The van der Waals surface area contributed by atoms with E-state index in [1.54, 1.807) is 12.1 Å². The molecule has 0 aliphatic heterocycles. The van der Waals surface area contributed by atoms with Gasteiger partial charge in [-0.2, -0.15) is 0 Å². The molecule has 174 valence electrons. The van der Waals surface area contributed by atoms with Gasteiger partial charge in [-0.25, -0.2) is 8.78 Å². The highest BCUT2D eigenvalue weighted by Gasteiger charge is 2.21. The fourth-order valence-corrected chi connectivity index (χ4v) is 3.73. The van der Waals surface area contributed by atoms with Crippen LogP contribution in [-0.4, -0.2) is 35.4 Å². The van der Waals surface area contributed by atoms with E-state index in [4.69, 9.17) is 9.84 Å². The van der Waals surface area contributed by atoms with Gasteiger partial charge >= 0.3 is 0 Å². The van der Waals surface area contributed by atoms with Crippen molar-refractivity contribution in [2.24, 2.45) is 0 Å². The molecule has 0 saturated heterocycles. The zero-order chi connectivity index (χ0) is 23.8. The van der Waals surface area contributed by atoms with Gasteiger partial charge in [0.2, 0.25) is 0 Å². The molecule has 0 heterocycles. The Morgan fingerprint density at radius 2 is 1.82 bits per heavy atom. The standard InChI is InChI=1S/C25H24F2INO4/c26-19-11-18(10-17-6-7-20(28)13-22(17)27)24(23(12-19)33-9-8-21(31)15-30)25(32)29-14-16-4-2-1-3-5-16/h1-7,11-13,21,30-31H,8-10,14-15H2,(H,29,32)/t21-/m1/s1. The molecule has 3 rings (SSSR count). The van der Waals surface area contributed by atoms with Crippen LogP contribution in [0, 0.1) is 15.2 Å². The second kappa shape index (κ2) is 12.1. The summed E-state index contributed by atoms with van der Waals surface area (Å²) in [6.07, 6.45) is -0.905. The topological polar surface area (TPSA) is 78.8 Å². The molecule has 3 aromatic rings. The van der Waals surface area contributed by atoms with Crippen molar-refractivity contribution in [2.75, 3.05) is 13.2 Å². The Kier molecular flexibility index (Phi) is 9.16. The fourth-order valence-electron chi connectivity index (χ4n) is 3.28. The van der Waals surface area contributed by atoms with Crippen LogP contribution in [0.2, 0.25) is 0 Å². The molecule has 0 radical (unpaired) electrons. The summed E-state index contributed by atoms with van der Waals surface area (Å²) in [6, 6.07) is 16.3. The predicted molar refractivity (Wildman–Crippen MR) is 129 cm³/mol. The van der Waals surface area contributed by atoms with Crippen LogP contribution < -0.4 is 10.1 Å². The molecule has 0 spiro atoms. The summed E-state index contributed by atoms with van der Waals surface area (Å²) in [5, 5.41) is 21.4. The number of hydrogen-bond donors (Lipinski definition) is 3. The van der Waals surface area contributed by atoms with E-state index in [9.17, 15) is 18.7 Å². The molecule has 3 N–H and O–H groups in total. The highest BCUT2D eigenvalue weighted by molar-refractivity contribution is 14.1. The van der Waals surface area contributed by atoms with Crippen molar-refractivity contribution in [3.8, 4) is 5.75 Å². The monoisotopic (exact) mass is 567 g/mol. The zero-order valence-electron chi connectivity index (χ0n) is 17.7. The highest BCUT2D eigenvalue weighted by atomic mass is 127. The van der Waals surface area contributed by atoms with Crippen molar-refractivity contribution in [3.63, 3.8) is 0 Å². The normalized spacial score (nSPS) is 11.8. The first-order valence-electron chi connectivity index (χ1n) is 10.4. The Labute approximate surface area is 204 Å². The summed E-state index contributed by atoms with van der Waals surface area (Å²) in [5.41, 5.74) is 1.58. The summed E-state index contributed by atoms with van der Waals surface area (Å²) in [4.78, 5) is 13.2. The molecule has 8 heteroatoms. The molecule has 0 fully saturated rings. The smallest absolute Gasteiger partial charge is 0.255 e. The quantitative estimate of drug-likeness (QED) is 0.321. The number of hydrogen-bond acceptors (Lipinski definition) is 4. The van der Waals surface area contributed by atoms with E-state index in [0.717, 1.165) is 15.2 Å². The molecular weight excluding hydrogens is 543 g/mol. The van der Waals surface area contributed by atoms with Gasteiger partial charge in [-0.3, -0.25) is 4.79 Å². The minimum Gasteiger partial charge on any atom is -0.493 e. The summed E-state index contributed by atoms with van der Waals surface area (Å²) in [6.45, 7) is -0.229. The average molecular weight is 567 g/mol. The van der Waals surface area contributed by atoms with Crippen LogP contribution in [0.15, 0.2) is 60.7 Å². The number of benzene rings is 3. The fraction of sp³-hybridized carbons (Fsp3) is 0.240. The van der Waals surface area contributed by atoms with E-state index in [2.05, 4.69) is 5.32 Å². The maximum absolute atomic E-state index is 14.5. The third-order valence-corrected chi connectivity index (χ3v) is 5.66. The molecule has 1 amide bonds. The van der Waals surface area contributed by atoms with Crippen molar-refractivity contribution in [1.82, 2.24) is 5.32 Å². The van der Waals surface area contributed by atoms with Crippen LogP contribution in [0.5, 0.6) is 5.75 Å². The van der Waals surface area contributed by atoms with Gasteiger partial charge < -0.3 is 20.3 Å². The molecule has 3 aromatic carbocycles. The van der Waals surface area contributed by atoms with Gasteiger partial charge in [0, 0.05) is 29.0 Å². The van der Waals surface area contributed by atoms with E-state index in [0.29, 0.717) is 5.56 Å². The van der Waals surface area contributed by atoms with Crippen molar-refractivity contribution < 1.29 is 28.5 Å². The molecule has 0 aliphatic carbocycles.